The number of benzene rings is 1. The highest BCUT2D eigenvalue weighted by Crippen LogP contribution is 2.34. The van der Waals surface area contributed by atoms with Crippen LogP contribution in [0.5, 0.6) is 11.5 Å². The molecule has 0 amide bonds. The lowest BCUT2D eigenvalue weighted by Crippen LogP contribution is -2.33. The van der Waals surface area contributed by atoms with E-state index in [2.05, 4.69) is 21.4 Å². The van der Waals surface area contributed by atoms with Gasteiger partial charge < -0.3 is 14.8 Å². The highest BCUT2D eigenvalue weighted by atomic mass is 16.5. The van der Waals surface area contributed by atoms with Crippen LogP contribution in [0.4, 0.5) is 5.82 Å². The maximum absolute atomic E-state index is 5.79. The molecule has 0 unspecified atom stereocenters. The van der Waals surface area contributed by atoms with Gasteiger partial charge >= 0.3 is 0 Å². The van der Waals surface area contributed by atoms with E-state index < -0.39 is 0 Å². The van der Waals surface area contributed by atoms with Crippen LogP contribution < -0.4 is 14.8 Å². The Labute approximate surface area is 111 Å². The second kappa shape index (κ2) is 5.14. The molecule has 0 bridgehead atoms. The largest absolute Gasteiger partial charge is 0.493 e. The van der Waals surface area contributed by atoms with Crippen LogP contribution in [0.3, 0.4) is 0 Å². The van der Waals surface area contributed by atoms with Crippen molar-refractivity contribution in [2.24, 2.45) is 0 Å². The van der Waals surface area contributed by atoms with Crippen molar-refractivity contribution in [3.63, 3.8) is 0 Å². The van der Waals surface area contributed by atoms with E-state index in [0.29, 0.717) is 6.61 Å². The molecule has 2 heterocycles. The van der Waals surface area contributed by atoms with Gasteiger partial charge in [0.25, 0.3) is 0 Å². The Balaban J connectivity index is 1.76. The van der Waals surface area contributed by atoms with Gasteiger partial charge in [-0.25, -0.2) is 4.98 Å². The van der Waals surface area contributed by atoms with Gasteiger partial charge in [-0.1, -0.05) is 12.1 Å². The van der Waals surface area contributed by atoms with E-state index in [1.807, 2.05) is 12.1 Å². The molecule has 2 aromatic rings. The number of hydrogen-bond donors (Lipinski definition) is 1. The van der Waals surface area contributed by atoms with Gasteiger partial charge in [0, 0.05) is 18.0 Å². The van der Waals surface area contributed by atoms with Gasteiger partial charge in [-0.15, -0.1) is 0 Å². The topological polar surface area (TPSA) is 56.3 Å². The van der Waals surface area contributed by atoms with Gasteiger partial charge in [0.05, 0.1) is 19.3 Å². The second-order valence-corrected chi connectivity index (χ2v) is 4.40. The highest BCUT2D eigenvalue weighted by Gasteiger charge is 2.22. The van der Waals surface area contributed by atoms with Crippen LogP contribution in [-0.4, -0.2) is 29.7 Å². The quantitative estimate of drug-likeness (QED) is 0.910. The number of rotatable bonds is 3. The van der Waals surface area contributed by atoms with E-state index >= 15 is 0 Å². The van der Waals surface area contributed by atoms with Crippen LogP contribution in [-0.2, 0) is 6.42 Å². The van der Waals surface area contributed by atoms with Crippen molar-refractivity contribution in [1.29, 1.82) is 0 Å². The lowest BCUT2D eigenvalue weighted by atomic mass is 10.0. The number of fused-ring (bicyclic) bond motifs is 1. The standard InChI is InChI=1S/C14H15N3O2/c1-18-12-4-2-3-10-7-11(9-19-14(10)12)17-13-8-15-5-6-16-13/h2-6,8,11H,7,9H2,1H3,(H,16,17)/t11-/m0/s1. The highest BCUT2D eigenvalue weighted by molar-refractivity contribution is 5.49. The molecule has 0 aliphatic carbocycles. The SMILES string of the molecule is COc1cccc2c1OC[C@@H](Nc1cnccn1)C2. The van der Waals surface area contributed by atoms with Crippen molar-refractivity contribution >= 4 is 5.82 Å². The molecule has 0 saturated heterocycles. The molecular formula is C14H15N3O2. The molecule has 5 heteroatoms. The number of methoxy groups -OCH3 is 1. The average molecular weight is 257 g/mol. The van der Waals surface area contributed by atoms with E-state index in [9.17, 15) is 0 Å². The predicted octanol–water partition coefficient (Wildman–Crippen LogP) is 1.90. The molecule has 0 fully saturated rings. The molecule has 0 saturated carbocycles. The van der Waals surface area contributed by atoms with Crippen molar-refractivity contribution in [2.75, 3.05) is 19.0 Å². The van der Waals surface area contributed by atoms with E-state index in [0.717, 1.165) is 29.3 Å². The normalized spacial score (nSPS) is 17.2. The third-order valence-electron chi connectivity index (χ3n) is 3.09. The number of anilines is 1. The number of hydrogen-bond acceptors (Lipinski definition) is 5. The minimum Gasteiger partial charge on any atom is -0.493 e. The Morgan fingerprint density at radius 1 is 1.37 bits per heavy atom. The Kier molecular flexibility index (Phi) is 3.18. The molecule has 1 aromatic heterocycles. The molecule has 1 aliphatic heterocycles. The maximum Gasteiger partial charge on any atom is 0.164 e. The number of aromatic nitrogens is 2. The Morgan fingerprint density at radius 3 is 3.11 bits per heavy atom. The molecule has 1 N–H and O–H groups in total. The zero-order valence-corrected chi connectivity index (χ0v) is 10.7. The van der Waals surface area contributed by atoms with Crippen LogP contribution >= 0.6 is 0 Å². The van der Waals surface area contributed by atoms with Crippen LogP contribution in [0, 0.1) is 0 Å². The number of para-hydroxylation sites is 1. The fourth-order valence-corrected chi connectivity index (χ4v) is 2.23. The summed E-state index contributed by atoms with van der Waals surface area (Å²) in [6.07, 6.45) is 5.91. The maximum atomic E-state index is 5.79. The first-order valence-corrected chi connectivity index (χ1v) is 6.18. The van der Waals surface area contributed by atoms with E-state index in [-0.39, 0.29) is 6.04 Å². The minimum atomic E-state index is 0.191. The Bertz CT molecular complexity index is 560. The molecule has 1 aliphatic rings. The average Bonchev–Trinajstić information content (AvgIpc) is 2.47. The zero-order chi connectivity index (χ0) is 13.1. The summed E-state index contributed by atoms with van der Waals surface area (Å²) in [5.41, 5.74) is 1.15. The van der Waals surface area contributed by atoms with Crippen molar-refractivity contribution in [2.45, 2.75) is 12.5 Å². The van der Waals surface area contributed by atoms with Crippen LogP contribution in [0.25, 0.3) is 0 Å². The van der Waals surface area contributed by atoms with Gasteiger partial charge in [0.2, 0.25) is 0 Å². The summed E-state index contributed by atoms with van der Waals surface area (Å²) in [5.74, 6) is 2.40. The van der Waals surface area contributed by atoms with E-state index in [1.165, 1.54) is 0 Å². The van der Waals surface area contributed by atoms with Crippen LogP contribution in [0.15, 0.2) is 36.8 Å². The molecule has 5 nitrogen and oxygen atoms in total. The van der Waals surface area contributed by atoms with Crippen LogP contribution in [0.2, 0.25) is 0 Å². The summed E-state index contributed by atoms with van der Waals surface area (Å²) in [6.45, 7) is 0.587. The monoisotopic (exact) mass is 257 g/mol. The fraction of sp³-hybridized carbons (Fsp3) is 0.286. The molecule has 3 rings (SSSR count). The molecule has 0 radical (unpaired) electrons. The summed E-state index contributed by atoms with van der Waals surface area (Å²) in [7, 11) is 1.66. The van der Waals surface area contributed by atoms with Gasteiger partial charge in [0.15, 0.2) is 11.5 Å². The second-order valence-electron chi connectivity index (χ2n) is 4.40. The van der Waals surface area contributed by atoms with Gasteiger partial charge in [-0.05, 0) is 12.5 Å². The van der Waals surface area contributed by atoms with Crippen molar-refractivity contribution < 1.29 is 9.47 Å². The molecule has 1 atom stereocenters. The summed E-state index contributed by atoms with van der Waals surface area (Å²) in [6, 6.07) is 6.14. The first-order chi connectivity index (χ1) is 9.36. The van der Waals surface area contributed by atoms with Crippen molar-refractivity contribution in [3.05, 3.63) is 42.4 Å². The summed E-state index contributed by atoms with van der Waals surface area (Å²) >= 11 is 0. The number of nitrogens with one attached hydrogen (secondary N) is 1. The molecular weight excluding hydrogens is 242 g/mol. The summed E-state index contributed by atoms with van der Waals surface area (Å²) in [4.78, 5) is 8.24. The summed E-state index contributed by atoms with van der Waals surface area (Å²) < 4.78 is 11.1. The molecule has 0 spiro atoms. The molecule has 1 aromatic carbocycles. The van der Waals surface area contributed by atoms with Crippen molar-refractivity contribution in [1.82, 2.24) is 9.97 Å². The van der Waals surface area contributed by atoms with Gasteiger partial charge in [0.1, 0.15) is 12.4 Å². The van der Waals surface area contributed by atoms with Crippen molar-refractivity contribution in [3.8, 4) is 11.5 Å². The first kappa shape index (κ1) is 11.8. The number of nitrogens with zero attached hydrogens (tertiary/aromatic N) is 2. The van der Waals surface area contributed by atoms with E-state index in [1.54, 1.807) is 25.7 Å². The Morgan fingerprint density at radius 2 is 2.32 bits per heavy atom. The lowest BCUT2D eigenvalue weighted by molar-refractivity contribution is 0.256. The fourth-order valence-electron chi connectivity index (χ4n) is 2.23. The van der Waals surface area contributed by atoms with Gasteiger partial charge in [-0.3, -0.25) is 4.98 Å². The molecule has 98 valence electrons. The third kappa shape index (κ3) is 2.45. The van der Waals surface area contributed by atoms with Gasteiger partial charge in [-0.2, -0.15) is 0 Å². The lowest BCUT2D eigenvalue weighted by Gasteiger charge is -2.27. The predicted molar refractivity (Wildman–Crippen MR) is 71.6 cm³/mol. The zero-order valence-electron chi connectivity index (χ0n) is 10.7. The van der Waals surface area contributed by atoms with E-state index in [4.69, 9.17) is 9.47 Å². The first-order valence-electron chi connectivity index (χ1n) is 6.18. The summed E-state index contributed by atoms with van der Waals surface area (Å²) in [5, 5.41) is 3.32. The van der Waals surface area contributed by atoms with Crippen LogP contribution in [0.1, 0.15) is 5.56 Å². The smallest absolute Gasteiger partial charge is 0.164 e. The third-order valence-corrected chi connectivity index (χ3v) is 3.09. The molecule has 19 heavy (non-hydrogen) atoms. The Hall–Kier alpha value is -2.30. The number of ether oxygens (including phenoxy) is 2. The minimum absolute atomic E-state index is 0.191.